The van der Waals surface area contributed by atoms with Gasteiger partial charge in [-0.2, -0.15) is 0 Å². The predicted molar refractivity (Wildman–Crippen MR) is 69.0 cm³/mol. The molecule has 94 valence electrons. The summed E-state index contributed by atoms with van der Waals surface area (Å²) in [6.07, 6.45) is 0.217. The van der Waals surface area contributed by atoms with Crippen LogP contribution in [0.5, 0.6) is 0 Å². The topological polar surface area (TPSA) is 54.4 Å². The van der Waals surface area contributed by atoms with Gasteiger partial charge in [-0.15, -0.1) is 0 Å². The van der Waals surface area contributed by atoms with E-state index < -0.39 is 17.8 Å². The van der Waals surface area contributed by atoms with Gasteiger partial charge in [-0.05, 0) is 6.42 Å². The van der Waals surface area contributed by atoms with Gasteiger partial charge in [-0.1, -0.05) is 53.5 Å². The van der Waals surface area contributed by atoms with E-state index in [1.54, 1.807) is 24.3 Å². The van der Waals surface area contributed by atoms with E-state index in [4.69, 9.17) is 23.2 Å². The number of aliphatic hydroxyl groups is 1. The number of halogens is 2. The number of allylic oxidation sites excluding steroid dienone is 1. The lowest BCUT2D eigenvalue weighted by Gasteiger charge is -2.26. The summed E-state index contributed by atoms with van der Waals surface area (Å²) in [6.45, 7) is 0. The first kappa shape index (κ1) is 13.3. The number of Topliss-reactive ketones (excluding diaryl/α,β-unsaturated/α-hetero) is 2. The molecule has 1 N–H and O–H groups in total. The van der Waals surface area contributed by atoms with Crippen LogP contribution < -0.4 is 0 Å². The zero-order chi connectivity index (χ0) is 13.3. The molecule has 0 fully saturated rings. The molecule has 0 bridgehead atoms. The fourth-order valence-corrected chi connectivity index (χ4v) is 2.23. The molecule has 5 heteroatoms. The van der Waals surface area contributed by atoms with Gasteiger partial charge in [0.2, 0.25) is 0 Å². The van der Waals surface area contributed by atoms with E-state index >= 15 is 0 Å². The first-order valence-electron chi connectivity index (χ1n) is 5.39. The molecule has 0 saturated heterocycles. The van der Waals surface area contributed by atoms with Crippen molar-refractivity contribution in [2.24, 2.45) is 5.92 Å². The third-order valence-electron chi connectivity index (χ3n) is 2.97. The standard InChI is InChI=1S/C13H10Cl2O3/c14-10(15)6-5-9-11(16)7-3-1-2-4-8(7)12(17)13(9)18/h1-4,6,9,13,18H,5H2. The van der Waals surface area contributed by atoms with Crippen molar-refractivity contribution in [1.82, 2.24) is 0 Å². The van der Waals surface area contributed by atoms with E-state index in [1.165, 1.54) is 6.08 Å². The molecule has 2 atom stereocenters. The zero-order valence-electron chi connectivity index (χ0n) is 9.27. The quantitative estimate of drug-likeness (QED) is 0.909. The summed E-state index contributed by atoms with van der Waals surface area (Å²) in [7, 11) is 0. The molecule has 0 aliphatic heterocycles. The largest absolute Gasteiger partial charge is 0.384 e. The van der Waals surface area contributed by atoms with Crippen LogP contribution in [-0.4, -0.2) is 22.8 Å². The molecule has 0 heterocycles. The number of benzene rings is 1. The van der Waals surface area contributed by atoms with E-state index in [1.807, 2.05) is 0 Å². The SMILES string of the molecule is O=C1c2ccccc2C(=O)C(CC=C(Cl)Cl)C1O. The van der Waals surface area contributed by atoms with Crippen molar-refractivity contribution in [3.05, 3.63) is 46.0 Å². The Morgan fingerprint density at radius 3 is 2.28 bits per heavy atom. The second-order valence-electron chi connectivity index (χ2n) is 4.05. The van der Waals surface area contributed by atoms with Crippen LogP contribution in [0.25, 0.3) is 0 Å². The third-order valence-corrected chi connectivity index (χ3v) is 3.28. The van der Waals surface area contributed by atoms with Crippen LogP contribution in [0.2, 0.25) is 0 Å². The minimum absolute atomic E-state index is 0.0151. The van der Waals surface area contributed by atoms with Gasteiger partial charge >= 0.3 is 0 Å². The van der Waals surface area contributed by atoms with Crippen LogP contribution >= 0.6 is 23.2 Å². The Morgan fingerprint density at radius 2 is 1.72 bits per heavy atom. The Hall–Kier alpha value is -1.16. The molecular weight excluding hydrogens is 275 g/mol. The van der Waals surface area contributed by atoms with Gasteiger partial charge < -0.3 is 5.11 Å². The minimum Gasteiger partial charge on any atom is -0.384 e. The number of hydrogen-bond donors (Lipinski definition) is 1. The van der Waals surface area contributed by atoms with Gasteiger partial charge in [-0.25, -0.2) is 0 Å². The number of ketones is 2. The highest BCUT2D eigenvalue weighted by atomic mass is 35.5. The summed E-state index contributed by atoms with van der Waals surface area (Å²) in [5.41, 5.74) is 0.615. The molecule has 2 rings (SSSR count). The minimum atomic E-state index is -1.34. The van der Waals surface area contributed by atoms with Gasteiger partial charge in [0.1, 0.15) is 10.6 Å². The molecule has 3 nitrogen and oxygen atoms in total. The lowest BCUT2D eigenvalue weighted by molar-refractivity contribution is 0.0505. The Bertz CT molecular complexity index is 533. The van der Waals surface area contributed by atoms with Gasteiger partial charge in [0, 0.05) is 11.1 Å². The Balaban J connectivity index is 2.39. The molecule has 1 aromatic rings. The van der Waals surface area contributed by atoms with E-state index in [0.717, 1.165) is 0 Å². The smallest absolute Gasteiger partial charge is 0.192 e. The van der Waals surface area contributed by atoms with E-state index in [2.05, 4.69) is 0 Å². The highest BCUT2D eigenvalue weighted by molar-refractivity contribution is 6.55. The van der Waals surface area contributed by atoms with Gasteiger partial charge in [0.25, 0.3) is 0 Å². The number of hydrogen-bond acceptors (Lipinski definition) is 3. The lowest BCUT2D eigenvalue weighted by atomic mass is 9.78. The molecule has 0 aromatic heterocycles. The molecule has 0 amide bonds. The second-order valence-corrected chi connectivity index (χ2v) is 5.06. The molecule has 2 unspecified atom stereocenters. The monoisotopic (exact) mass is 284 g/mol. The normalized spacial score (nSPS) is 22.6. The molecule has 0 spiro atoms. The summed E-state index contributed by atoms with van der Waals surface area (Å²) in [5.74, 6) is -1.52. The summed E-state index contributed by atoms with van der Waals surface area (Å²) >= 11 is 11.0. The third kappa shape index (κ3) is 2.34. The van der Waals surface area contributed by atoms with Crippen LogP contribution in [0, 0.1) is 5.92 Å². The maximum absolute atomic E-state index is 12.2. The lowest BCUT2D eigenvalue weighted by Crippen LogP contribution is -2.40. The van der Waals surface area contributed by atoms with Crippen molar-refractivity contribution >= 4 is 34.8 Å². The fraction of sp³-hybridized carbons (Fsp3) is 0.231. The van der Waals surface area contributed by atoms with Crippen molar-refractivity contribution < 1.29 is 14.7 Å². The zero-order valence-corrected chi connectivity index (χ0v) is 10.8. The van der Waals surface area contributed by atoms with Crippen molar-refractivity contribution in [1.29, 1.82) is 0 Å². The van der Waals surface area contributed by atoms with Crippen LogP contribution in [0.15, 0.2) is 34.8 Å². The average Bonchev–Trinajstić information content (AvgIpc) is 2.36. The van der Waals surface area contributed by atoms with Gasteiger partial charge in [-0.3, -0.25) is 9.59 Å². The number of carbonyl (C=O) groups excluding carboxylic acids is 2. The first-order chi connectivity index (χ1) is 8.52. The van der Waals surface area contributed by atoms with Crippen molar-refractivity contribution in [2.75, 3.05) is 0 Å². The van der Waals surface area contributed by atoms with Gasteiger partial charge in [0.05, 0.1) is 5.92 Å². The highest BCUT2D eigenvalue weighted by Gasteiger charge is 2.39. The molecule has 1 aromatic carbocycles. The highest BCUT2D eigenvalue weighted by Crippen LogP contribution is 2.29. The number of aliphatic hydroxyl groups excluding tert-OH is 1. The molecule has 0 saturated carbocycles. The first-order valence-corrected chi connectivity index (χ1v) is 6.14. The van der Waals surface area contributed by atoms with Crippen molar-refractivity contribution in [3.63, 3.8) is 0 Å². The summed E-state index contributed by atoms with van der Waals surface area (Å²) < 4.78 is 0.0151. The van der Waals surface area contributed by atoms with Crippen LogP contribution in [0.3, 0.4) is 0 Å². The molecule has 1 aliphatic rings. The Morgan fingerprint density at radius 1 is 1.17 bits per heavy atom. The molecule has 18 heavy (non-hydrogen) atoms. The van der Waals surface area contributed by atoms with Crippen molar-refractivity contribution in [3.8, 4) is 0 Å². The number of carbonyl (C=O) groups is 2. The second kappa shape index (κ2) is 5.22. The van der Waals surface area contributed by atoms with Crippen molar-refractivity contribution in [2.45, 2.75) is 12.5 Å². The Labute approximate surface area is 114 Å². The summed E-state index contributed by atoms with van der Waals surface area (Å²) in [4.78, 5) is 24.1. The van der Waals surface area contributed by atoms with E-state index in [9.17, 15) is 14.7 Å². The maximum Gasteiger partial charge on any atom is 0.192 e. The number of fused-ring (bicyclic) bond motifs is 1. The van der Waals surface area contributed by atoms with E-state index in [0.29, 0.717) is 5.56 Å². The summed E-state index contributed by atoms with van der Waals surface area (Å²) in [6, 6.07) is 6.47. The van der Waals surface area contributed by atoms with Crippen LogP contribution in [-0.2, 0) is 0 Å². The van der Waals surface area contributed by atoms with Crippen LogP contribution in [0.4, 0.5) is 0 Å². The predicted octanol–water partition coefficient (Wildman–Crippen LogP) is 2.75. The van der Waals surface area contributed by atoms with Crippen LogP contribution in [0.1, 0.15) is 27.1 Å². The molecule has 1 aliphatic carbocycles. The van der Waals surface area contributed by atoms with Gasteiger partial charge in [0.15, 0.2) is 11.6 Å². The maximum atomic E-state index is 12.2. The number of rotatable bonds is 2. The molecular formula is C13H10Cl2O3. The van der Waals surface area contributed by atoms with E-state index in [-0.39, 0.29) is 22.3 Å². The Kier molecular flexibility index (Phi) is 3.85. The fourth-order valence-electron chi connectivity index (χ4n) is 2.05. The summed E-state index contributed by atoms with van der Waals surface area (Å²) in [5, 5.41) is 9.88. The molecule has 0 radical (unpaired) electrons. The average molecular weight is 285 g/mol.